The summed E-state index contributed by atoms with van der Waals surface area (Å²) in [5.74, 6) is 0. The molecule has 0 aromatic carbocycles. The van der Waals surface area contributed by atoms with Crippen LogP contribution in [0.5, 0.6) is 0 Å². The van der Waals surface area contributed by atoms with Crippen LogP contribution in [0.25, 0.3) is 0 Å². The summed E-state index contributed by atoms with van der Waals surface area (Å²) in [6, 6.07) is 0. The van der Waals surface area contributed by atoms with Crippen molar-refractivity contribution in [2.24, 2.45) is 0 Å². The third-order valence-electron chi connectivity index (χ3n) is 0. The molecular formula is H4CuO4. The van der Waals surface area contributed by atoms with Gasteiger partial charge in [0.2, 0.25) is 0 Å². The van der Waals surface area contributed by atoms with Gasteiger partial charge in [0.25, 0.3) is 0 Å². The van der Waals surface area contributed by atoms with E-state index < -0.39 is 14.2 Å². The molecule has 0 rings (SSSR count). The molecule has 5 heteroatoms. The fourth-order valence-corrected chi connectivity index (χ4v) is 0. The fraction of sp³-hybridized carbons (Fsp3) is 0. The van der Waals surface area contributed by atoms with Gasteiger partial charge in [-0.2, -0.15) is 0 Å². The van der Waals surface area contributed by atoms with Crippen molar-refractivity contribution in [3.63, 3.8) is 0 Å². The molecule has 5 heavy (non-hydrogen) atoms. The van der Waals surface area contributed by atoms with Crippen molar-refractivity contribution < 1.29 is 30.9 Å². The Morgan fingerprint density at radius 3 is 0.800 bits per heavy atom. The second-order valence-electron chi connectivity index (χ2n) is 0.362. The standard InChI is InChI=1S/Cu.4H2O/h;4*1H2/q+4;;;;/p-4. The van der Waals surface area contributed by atoms with E-state index >= 15 is 0 Å². The normalized spacial score (nSPS) is 15.2. The van der Waals surface area contributed by atoms with Gasteiger partial charge in [-0.3, -0.25) is 0 Å². The number of hydrogen-bond acceptors (Lipinski definition) is 4. The van der Waals surface area contributed by atoms with Crippen molar-refractivity contribution in [1.82, 2.24) is 0 Å². The zero-order chi connectivity index (χ0) is 4.50. The van der Waals surface area contributed by atoms with Gasteiger partial charge in [0.1, 0.15) is 0 Å². The summed E-state index contributed by atoms with van der Waals surface area (Å²) in [5, 5.41) is 0. The first-order valence-corrected chi connectivity index (χ1v) is 2.22. The molecule has 0 aliphatic rings. The SMILES string of the molecule is [OH][Cu]([OH])([OH])[OH]. The maximum atomic E-state index is 7.27. The van der Waals surface area contributed by atoms with E-state index in [1.54, 1.807) is 0 Å². The van der Waals surface area contributed by atoms with Crippen molar-refractivity contribution in [1.29, 1.82) is 0 Å². The summed E-state index contributed by atoms with van der Waals surface area (Å²) < 4.78 is 29.1. The number of rotatable bonds is 0. The predicted molar refractivity (Wildman–Crippen MR) is 8.88 cm³/mol. The molecule has 0 radical (unpaired) electrons. The molecule has 0 fully saturated rings. The van der Waals surface area contributed by atoms with Crippen LogP contribution < -0.4 is 0 Å². The third-order valence-corrected chi connectivity index (χ3v) is 0. The summed E-state index contributed by atoms with van der Waals surface area (Å²) in [6.45, 7) is 0. The Bertz CT molecular complexity index is 19.1. The first-order valence-electron chi connectivity index (χ1n) is 0.539. The van der Waals surface area contributed by atoms with E-state index in [2.05, 4.69) is 0 Å². The molecule has 0 aromatic heterocycles. The van der Waals surface area contributed by atoms with Crippen molar-refractivity contribution in [2.45, 2.75) is 0 Å². The van der Waals surface area contributed by atoms with Crippen LogP contribution in [0.4, 0.5) is 0 Å². The molecule has 0 aromatic rings. The molecule has 0 atom stereocenters. The summed E-state index contributed by atoms with van der Waals surface area (Å²) >= 11 is -4.12. The molecule has 0 amide bonds. The Morgan fingerprint density at radius 1 is 0.800 bits per heavy atom. The van der Waals surface area contributed by atoms with Crippen LogP contribution in [0.1, 0.15) is 0 Å². The Kier molecular flexibility index (Phi) is 1.30. The summed E-state index contributed by atoms with van der Waals surface area (Å²) in [4.78, 5) is 0. The molecule has 0 unspecified atom stereocenters. The molecular weight excluding hydrogens is 128 g/mol. The van der Waals surface area contributed by atoms with Gasteiger partial charge in [0.05, 0.1) is 0 Å². The van der Waals surface area contributed by atoms with Crippen LogP contribution in [0.15, 0.2) is 0 Å². The van der Waals surface area contributed by atoms with E-state index in [1.807, 2.05) is 0 Å². The minimum absolute atomic E-state index is 4.12. The molecule has 4 nitrogen and oxygen atoms in total. The van der Waals surface area contributed by atoms with Crippen LogP contribution in [0, 0.1) is 0 Å². The van der Waals surface area contributed by atoms with E-state index in [0.717, 1.165) is 0 Å². The van der Waals surface area contributed by atoms with Gasteiger partial charge in [-0.1, -0.05) is 0 Å². The van der Waals surface area contributed by atoms with E-state index in [4.69, 9.17) is 16.8 Å². The second kappa shape index (κ2) is 1.22. The number of hydrogen-bond donors (Lipinski definition) is 4. The van der Waals surface area contributed by atoms with E-state index in [9.17, 15) is 0 Å². The molecule has 0 saturated carbocycles. The third kappa shape index (κ3) is 188. The van der Waals surface area contributed by atoms with Gasteiger partial charge in [-0.05, 0) is 0 Å². The quantitative estimate of drug-likeness (QED) is 0.281. The molecule has 0 saturated heterocycles. The Hall–Kier alpha value is 0.359. The van der Waals surface area contributed by atoms with E-state index in [-0.39, 0.29) is 0 Å². The van der Waals surface area contributed by atoms with Crippen molar-refractivity contribution in [3.8, 4) is 0 Å². The van der Waals surface area contributed by atoms with Gasteiger partial charge in [0.15, 0.2) is 0 Å². The van der Waals surface area contributed by atoms with Gasteiger partial charge >= 0.3 is 30.9 Å². The molecule has 0 aliphatic heterocycles. The molecule has 0 aliphatic carbocycles. The Balaban J connectivity index is 3.02. The first-order chi connectivity index (χ1) is 2.00. The zero-order valence-electron chi connectivity index (χ0n) is 2.09. The Labute approximate surface area is 31.8 Å². The summed E-state index contributed by atoms with van der Waals surface area (Å²) in [6.07, 6.45) is 0. The van der Waals surface area contributed by atoms with Crippen LogP contribution in [-0.2, 0) is 14.2 Å². The van der Waals surface area contributed by atoms with Crippen molar-refractivity contribution in [3.05, 3.63) is 0 Å². The van der Waals surface area contributed by atoms with Crippen LogP contribution in [0.3, 0.4) is 0 Å². The Morgan fingerprint density at radius 2 is 0.800 bits per heavy atom. The van der Waals surface area contributed by atoms with Gasteiger partial charge in [-0.25, -0.2) is 0 Å². The van der Waals surface area contributed by atoms with Gasteiger partial charge in [-0.15, -0.1) is 0 Å². The average Bonchev–Trinajstić information content (AvgIpc) is 0.722. The minimum atomic E-state index is -4.12. The fourth-order valence-electron chi connectivity index (χ4n) is 0. The van der Waals surface area contributed by atoms with E-state index in [0.29, 0.717) is 0 Å². The molecule has 39 valence electrons. The summed E-state index contributed by atoms with van der Waals surface area (Å²) in [7, 11) is 0. The van der Waals surface area contributed by atoms with Crippen LogP contribution >= 0.6 is 0 Å². The molecule has 0 bridgehead atoms. The molecule has 0 heterocycles. The second-order valence-corrected chi connectivity index (χ2v) is 1.49. The van der Waals surface area contributed by atoms with Crippen molar-refractivity contribution in [2.75, 3.05) is 0 Å². The zero-order valence-corrected chi connectivity index (χ0v) is 3.03. The summed E-state index contributed by atoms with van der Waals surface area (Å²) in [5.41, 5.74) is 0. The van der Waals surface area contributed by atoms with Crippen LogP contribution in [0.2, 0.25) is 0 Å². The van der Waals surface area contributed by atoms with Gasteiger partial charge in [0, 0.05) is 0 Å². The van der Waals surface area contributed by atoms with E-state index in [1.165, 1.54) is 0 Å². The maximum absolute atomic E-state index is 7.27. The first kappa shape index (κ1) is 5.36. The van der Waals surface area contributed by atoms with Gasteiger partial charge < -0.3 is 0 Å². The molecule has 0 spiro atoms. The van der Waals surface area contributed by atoms with Crippen molar-refractivity contribution >= 4 is 0 Å². The average molecular weight is 132 g/mol. The van der Waals surface area contributed by atoms with Crippen LogP contribution in [-0.4, -0.2) is 16.8 Å². The monoisotopic (exact) mass is 131 g/mol. The predicted octanol–water partition coefficient (Wildman–Crippen LogP) is -2.23. The molecule has 4 N–H and O–H groups in total. The topological polar surface area (TPSA) is 80.9 Å².